The van der Waals surface area contributed by atoms with E-state index in [0.717, 1.165) is 45.5 Å². The first-order valence-electron chi connectivity index (χ1n) is 14.5. The fourth-order valence-electron chi connectivity index (χ4n) is 5.70. The summed E-state index contributed by atoms with van der Waals surface area (Å²) >= 11 is 1.59. The van der Waals surface area contributed by atoms with Crippen LogP contribution < -0.4 is 10.2 Å². The summed E-state index contributed by atoms with van der Waals surface area (Å²) in [6.07, 6.45) is 4.97. The molecule has 2 aromatic carbocycles. The molecule has 6 aromatic rings. The summed E-state index contributed by atoms with van der Waals surface area (Å²) in [5.74, 6) is -0.624. The standard InChI is InChI=1S/C33H30FN7O2S/c1-33(2,43)21-7-3-6-20(16-21)29-18-25-28(44-29)12-15-37-30(25)40(23-8-4-13-35-19-23)32(42)24-11-10-22(17-26(24)34)41-31-27(38-39-41)9-5-14-36-31/h3,5-7,9-12,14-18,23,35,43H,4,8,13,19H2,1-2H3/t23-/m1/s1. The third-order valence-electron chi connectivity index (χ3n) is 8.00. The summed E-state index contributed by atoms with van der Waals surface area (Å²) in [5, 5.41) is 23.0. The van der Waals surface area contributed by atoms with Gasteiger partial charge in [-0.05, 0) is 86.8 Å². The van der Waals surface area contributed by atoms with Gasteiger partial charge in [0.05, 0.1) is 22.9 Å². The van der Waals surface area contributed by atoms with Gasteiger partial charge in [0, 0.05) is 40.0 Å². The van der Waals surface area contributed by atoms with E-state index in [1.54, 1.807) is 60.7 Å². The molecule has 0 radical (unpaired) electrons. The predicted octanol–water partition coefficient (Wildman–Crippen LogP) is 5.86. The summed E-state index contributed by atoms with van der Waals surface area (Å²) in [4.78, 5) is 26.0. The first-order valence-corrected chi connectivity index (χ1v) is 15.3. The smallest absolute Gasteiger partial charge is 0.262 e. The molecule has 0 unspecified atom stereocenters. The number of amides is 1. The van der Waals surface area contributed by atoms with Crippen molar-refractivity contribution in [3.63, 3.8) is 0 Å². The number of pyridine rings is 2. The van der Waals surface area contributed by atoms with Crippen molar-refractivity contribution in [2.75, 3.05) is 18.0 Å². The number of halogens is 1. The molecule has 2 N–H and O–H groups in total. The van der Waals surface area contributed by atoms with Crippen LogP contribution in [-0.2, 0) is 5.60 Å². The summed E-state index contributed by atoms with van der Waals surface area (Å²) in [7, 11) is 0. The number of carbonyl (C=O) groups excluding carboxylic acids is 1. The number of hydrogen-bond donors (Lipinski definition) is 2. The van der Waals surface area contributed by atoms with Crippen molar-refractivity contribution in [3.05, 3.63) is 96.1 Å². The third-order valence-corrected chi connectivity index (χ3v) is 9.15. The SMILES string of the molecule is CC(C)(O)c1cccc(-c2cc3c(N(C(=O)c4ccc(-n5nnc6cccnc65)cc4F)[C@@H]4CCCNC4)nccc3s2)c1. The molecule has 1 aliphatic rings. The zero-order valence-electron chi connectivity index (χ0n) is 24.2. The molecular formula is C33H30FN7O2S. The minimum atomic E-state index is -0.978. The highest BCUT2D eigenvalue weighted by atomic mass is 32.1. The topological polar surface area (TPSA) is 109 Å². The number of rotatable bonds is 6. The van der Waals surface area contributed by atoms with Crippen LogP contribution in [0, 0.1) is 5.82 Å². The van der Waals surface area contributed by atoms with Gasteiger partial charge in [0.1, 0.15) is 17.2 Å². The molecule has 4 aromatic heterocycles. The number of nitrogens with one attached hydrogen (secondary N) is 1. The van der Waals surface area contributed by atoms with Gasteiger partial charge in [-0.2, -0.15) is 4.68 Å². The second-order valence-corrected chi connectivity index (χ2v) is 12.6. The lowest BCUT2D eigenvalue weighted by Gasteiger charge is -2.34. The van der Waals surface area contributed by atoms with E-state index in [-0.39, 0.29) is 11.6 Å². The van der Waals surface area contributed by atoms with E-state index >= 15 is 4.39 Å². The molecule has 1 atom stereocenters. The highest BCUT2D eigenvalue weighted by molar-refractivity contribution is 7.22. The average molecular weight is 608 g/mol. The van der Waals surface area contributed by atoms with Crippen molar-refractivity contribution in [1.82, 2.24) is 30.3 Å². The van der Waals surface area contributed by atoms with Crippen LogP contribution in [0.4, 0.5) is 10.2 Å². The number of aromatic nitrogens is 5. The molecule has 0 aliphatic carbocycles. The maximum atomic E-state index is 15.8. The molecule has 1 saturated heterocycles. The number of benzene rings is 2. The number of carbonyl (C=O) groups is 1. The van der Waals surface area contributed by atoms with E-state index in [9.17, 15) is 9.90 Å². The minimum absolute atomic E-state index is 0.0520. The van der Waals surface area contributed by atoms with E-state index in [1.165, 1.54) is 16.8 Å². The van der Waals surface area contributed by atoms with Gasteiger partial charge in [0.15, 0.2) is 5.65 Å². The highest BCUT2D eigenvalue weighted by Crippen LogP contribution is 2.39. The van der Waals surface area contributed by atoms with Gasteiger partial charge in [-0.1, -0.05) is 23.4 Å². The molecule has 1 amide bonds. The summed E-state index contributed by atoms with van der Waals surface area (Å²) < 4.78 is 18.2. The zero-order chi connectivity index (χ0) is 30.4. The molecule has 1 fully saturated rings. The Morgan fingerprint density at radius 3 is 2.77 bits per heavy atom. The Morgan fingerprint density at radius 1 is 1.09 bits per heavy atom. The molecular weight excluding hydrogens is 577 g/mol. The molecule has 0 saturated carbocycles. The average Bonchev–Trinajstić information content (AvgIpc) is 3.67. The monoisotopic (exact) mass is 607 g/mol. The molecule has 0 spiro atoms. The van der Waals surface area contributed by atoms with Crippen molar-refractivity contribution >= 4 is 44.3 Å². The number of thiophene rings is 1. The van der Waals surface area contributed by atoms with E-state index in [4.69, 9.17) is 4.98 Å². The first-order chi connectivity index (χ1) is 21.3. The lowest BCUT2D eigenvalue weighted by atomic mass is 9.96. The Kier molecular flexibility index (Phi) is 7.16. The predicted molar refractivity (Wildman–Crippen MR) is 170 cm³/mol. The Hall–Kier alpha value is -4.58. The Bertz CT molecular complexity index is 2010. The lowest BCUT2D eigenvalue weighted by molar-refractivity contribution is 0.0786. The van der Waals surface area contributed by atoms with E-state index in [2.05, 4.69) is 20.6 Å². The Labute approximate surface area is 257 Å². The summed E-state index contributed by atoms with van der Waals surface area (Å²) in [6.45, 7) is 4.96. The van der Waals surface area contributed by atoms with Crippen LogP contribution in [0.1, 0.15) is 42.6 Å². The maximum absolute atomic E-state index is 15.8. The van der Waals surface area contributed by atoms with Crippen LogP contribution in [0.3, 0.4) is 0 Å². The van der Waals surface area contributed by atoms with Crippen molar-refractivity contribution in [1.29, 1.82) is 0 Å². The van der Waals surface area contributed by atoms with Gasteiger partial charge in [0.2, 0.25) is 0 Å². The molecule has 7 rings (SSSR count). The van der Waals surface area contributed by atoms with E-state index < -0.39 is 17.3 Å². The van der Waals surface area contributed by atoms with Gasteiger partial charge in [-0.3, -0.25) is 9.69 Å². The first kappa shape index (κ1) is 28.2. The number of anilines is 1. The van der Waals surface area contributed by atoms with Crippen LogP contribution in [0.15, 0.2) is 79.1 Å². The number of piperidine rings is 1. The molecule has 222 valence electrons. The van der Waals surface area contributed by atoms with Crippen molar-refractivity contribution in [2.24, 2.45) is 0 Å². The van der Waals surface area contributed by atoms with Gasteiger partial charge in [0.25, 0.3) is 5.91 Å². The fraction of sp³-hybridized carbons (Fsp3) is 0.242. The van der Waals surface area contributed by atoms with Gasteiger partial charge < -0.3 is 10.4 Å². The summed E-state index contributed by atoms with van der Waals surface area (Å²) in [6, 6.07) is 19.6. The van der Waals surface area contributed by atoms with Crippen molar-refractivity contribution in [2.45, 2.75) is 38.3 Å². The minimum Gasteiger partial charge on any atom is -0.386 e. The molecule has 0 bridgehead atoms. The second-order valence-electron chi connectivity index (χ2n) is 11.5. The highest BCUT2D eigenvalue weighted by Gasteiger charge is 2.32. The van der Waals surface area contributed by atoms with Crippen LogP contribution in [0.2, 0.25) is 0 Å². The van der Waals surface area contributed by atoms with Crippen molar-refractivity contribution in [3.8, 4) is 16.1 Å². The molecule has 11 heteroatoms. The van der Waals surface area contributed by atoms with Crippen LogP contribution in [-0.4, -0.2) is 55.1 Å². The zero-order valence-corrected chi connectivity index (χ0v) is 25.1. The number of hydrogen-bond acceptors (Lipinski definition) is 8. The largest absolute Gasteiger partial charge is 0.386 e. The van der Waals surface area contributed by atoms with Crippen LogP contribution in [0.25, 0.3) is 37.4 Å². The fourth-order valence-corrected chi connectivity index (χ4v) is 6.75. The molecule has 44 heavy (non-hydrogen) atoms. The van der Waals surface area contributed by atoms with Gasteiger partial charge in [-0.15, -0.1) is 16.4 Å². The Morgan fingerprint density at radius 2 is 1.98 bits per heavy atom. The van der Waals surface area contributed by atoms with Gasteiger partial charge in [-0.25, -0.2) is 14.4 Å². The molecule has 1 aliphatic heterocycles. The Balaban J connectivity index is 1.30. The van der Waals surface area contributed by atoms with E-state index in [0.29, 0.717) is 29.2 Å². The molecule has 9 nitrogen and oxygen atoms in total. The van der Waals surface area contributed by atoms with Crippen LogP contribution >= 0.6 is 11.3 Å². The summed E-state index contributed by atoms with van der Waals surface area (Å²) in [5.41, 5.74) is 2.25. The second kappa shape index (κ2) is 11.2. The number of aliphatic hydroxyl groups is 1. The van der Waals surface area contributed by atoms with E-state index in [1.807, 2.05) is 36.4 Å². The maximum Gasteiger partial charge on any atom is 0.262 e. The number of nitrogens with zero attached hydrogens (tertiary/aromatic N) is 6. The molecule has 5 heterocycles. The third kappa shape index (κ3) is 5.12. The lowest BCUT2D eigenvalue weighted by Crippen LogP contribution is -2.49. The quantitative estimate of drug-likeness (QED) is 0.244. The number of fused-ring (bicyclic) bond motifs is 2. The van der Waals surface area contributed by atoms with Gasteiger partial charge >= 0.3 is 0 Å². The van der Waals surface area contributed by atoms with Crippen molar-refractivity contribution < 1.29 is 14.3 Å². The normalized spacial score (nSPS) is 15.6. The van der Waals surface area contributed by atoms with Crippen LogP contribution in [0.5, 0.6) is 0 Å².